The molecule has 1 heterocycles. The van der Waals surface area contributed by atoms with Crippen molar-refractivity contribution in [2.75, 3.05) is 24.2 Å². The summed E-state index contributed by atoms with van der Waals surface area (Å²) in [6.07, 6.45) is 7.56. The molecule has 3 nitrogen and oxygen atoms in total. The Bertz CT molecular complexity index is 987. The van der Waals surface area contributed by atoms with E-state index in [1.165, 1.54) is 15.5 Å². The Morgan fingerprint density at radius 3 is 2.44 bits per heavy atom. The first kappa shape index (κ1) is 17.8. The lowest BCUT2D eigenvalue weighted by atomic mass is 10.1. The molecule has 0 N–H and O–H groups in total. The standard InChI is InChI=1S/C23H24N2OS/c1-4-25(5-2)17-11-13-20-22(15-17)27(3,19-9-7-6-8-10-19)23-16-18(26)12-14-21(23)24-20/h6-16H,4-5H2,1-3H3. The molecular formula is C23H24N2OS. The minimum Gasteiger partial charge on any atom is -0.372 e. The van der Waals surface area contributed by atoms with Gasteiger partial charge in [0.15, 0.2) is 5.78 Å². The molecule has 27 heavy (non-hydrogen) atoms. The Morgan fingerprint density at radius 1 is 1.00 bits per heavy atom. The van der Waals surface area contributed by atoms with Crippen molar-refractivity contribution in [3.63, 3.8) is 0 Å². The van der Waals surface area contributed by atoms with Gasteiger partial charge in [-0.25, -0.2) is 4.99 Å². The fraction of sp³-hybridized carbons (Fsp3) is 0.217. The van der Waals surface area contributed by atoms with Gasteiger partial charge in [-0.2, -0.15) is 10.0 Å². The SMILES string of the molecule is CCN(CC)c1ccc2c(c1)S(C)(c1ccccc1)C1=CC(=O)C=CC1=N2. The summed E-state index contributed by atoms with van der Waals surface area (Å²) in [6.45, 7) is 6.28. The van der Waals surface area contributed by atoms with Crippen LogP contribution in [0.15, 0.2) is 86.4 Å². The summed E-state index contributed by atoms with van der Waals surface area (Å²) < 4.78 is 0. The average molecular weight is 377 g/mol. The van der Waals surface area contributed by atoms with Crippen molar-refractivity contribution < 1.29 is 4.79 Å². The van der Waals surface area contributed by atoms with Gasteiger partial charge < -0.3 is 4.90 Å². The fourth-order valence-electron chi connectivity index (χ4n) is 3.82. The Balaban J connectivity index is 2.00. The maximum atomic E-state index is 12.2. The zero-order chi connectivity index (χ0) is 19.0. The van der Waals surface area contributed by atoms with Gasteiger partial charge in [0.05, 0.1) is 11.4 Å². The molecule has 2 aromatic rings. The van der Waals surface area contributed by atoms with E-state index in [0.717, 1.165) is 29.4 Å². The number of ketones is 1. The third-order valence-corrected chi connectivity index (χ3v) is 8.97. The first-order valence-electron chi connectivity index (χ1n) is 9.33. The van der Waals surface area contributed by atoms with Crippen molar-refractivity contribution in [2.45, 2.75) is 23.6 Å². The number of allylic oxidation sites excluding steroid dienone is 4. The number of rotatable bonds is 4. The molecule has 0 fully saturated rings. The van der Waals surface area contributed by atoms with Gasteiger partial charge in [0.1, 0.15) is 0 Å². The molecule has 0 aromatic heterocycles. The monoisotopic (exact) mass is 376 g/mol. The third-order valence-electron chi connectivity index (χ3n) is 5.34. The Hall–Kier alpha value is -2.59. The predicted molar refractivity (Wildman–Crippen MR) is 116 cm³/mol. The lowest BCUT2D eigenvalue weighted by Gasteiger charge is -2.43. The summed E-state index contributed by atoms with van der Waals surface area (Å²) in [5.41, 5.74) is 3.14. The molecule has 0 amide bonds. The molecule has 2 aromatic carbocycles. The lowest BCUT2D eigenvalue weighted by molar-refractivity contribution is -0.110. The van der Waals surface area contributed by atoms with Crippen molar-refractivity contribution in [3.8, 4) is 0 Å². The van der Waals surface area contributed by atoms with Gasteiger partial charge in [-0.15, -0.1) is 0 Å². The summed E-state index contributed by atoms with van der Waals surface area (Å²) >= 11 is 0. The molecule has 1 aliphatic carbocycles. The van der Waals surface area contributed by atoms with Crippen molar-refractivity contribution in [1.82, 2.24) is 0 Å². The van der Waals surface area contributed by atoms with E-state index in [-0.39, 0.29) is 5.78 Å². The van der Waals surface area contributed by atoms with Gasteiger partial charge in [0.25, 0.3) is 0 Å². The number of benzene rings is 2. The number of aliphatic imine (C=N–C) groups is 1. The second-order valence-electron chi connectivity index (χ2n) is 6.80. The number of carbonyl (C=O) groups is 1. The van der Waals surface area contributed by atoms with Crippen LogP contribution in [0.1, 0.15) is 13.8 Å². The van der Waals surface area contributed by atoms with Crippen LogP contribution in [-0.4, -0.2) is 30.8 Å². The Labute approximate surface area is 162 Å². The molecule has 0 spiro atoms. The van der Waals surface area contributed by atoms with E-state index in [1.807, 2.05) is 12.1 Å². The van der Waals surface area contributed by atoms with Crippen LogP contribution < -0.4 is 4.90 Å². The van der Waals surface area contributed by atoms with Crippen LogP contribution in [-0.2, 0) is 4.79 Å². The van der Waals surface area contributed by atoms with Crippen LogP contribution >= 0.6 is 10.0 Å². The highest BCUT2D eigenvalue weighted by Crippen LogP contribution is 2.70. The van der Waals surface area contributed by atoms with E-state index < -0.39 is 10.0 Å². The van der Waals surface area contributed by atoms with Crippen LogP contribution in [0.2, 0.25) is 0 Å². The number of carbonyl (C=O) groups excluding carboxylic acids is 1. The Kier molecular flexibility index (Phi) is 4.52. The van der Waals surface area contributed by atoms with Crippen LogP contribution in [0, 0.1) is 0 Å². The number of hydrogen-bond acceptors (Lipinski definition) is 3. The molecule has 0 saturated carbocycles. The number of anilines is 1. The molecule has 138 valence electrons. The molecule has 0 bridgehead atoms. The van der Waals surface area contributed by atoms with E-state index in [4.69, 9.17) is 4.99 Å². The Morgan fingerprint density at radius 2 is 1.74 bits per heavy atom. The van der Waals surface area contributed by atoms with E-state index in [0.29, 0.717) is 0 Å². The highest BCUT2D eigenvalue weighted by molar-refractivity contribution is 8.37. The highest BCUT2D eigenvalue weighted by atomic mass is 32.3. The van der Waals surface area contributed by atoms with Gasteiger partial charge in [-0.3, -0.25) is 4.79 Å². The minimum atomic E-state index is -1.55. The van der Waals surface area contributed by atoms with Crippen molar-refractivity contribution in [1.29, 1.82) is 0 Å². The van der Waals surface area contributed by atoms with Gasteiger partial charge in [-0.1, -0.05) is 18.2 Å². The average Bonchev–Trinajstić information content (AvgIpc) is 2.71. The molecule has 4 heteroatoms. The maximum Gasteiger partial charge on any atom is 0.179 e. The normalized spacial score (nSPS) is 22.9. The van der Waals surface area contributed by atoms with Crippen LogP contribution in [0.3, 0.4) is 0 Å². The van der Waals surface area contributed by atoms with E-state index in [1.54, 1.807) is 12.2 Å². The van der Waals surface area contributed by atoms with Crippen LogP contribution in [0.25, 0.3) is 0 Å². The summed E-state index contributed by atoms with van der Waals surface area (Å²) in [7, 11) is -1.55. The number of nitrogens with zero attached hydrogens (tertiary/aromatic N) is 2. The molecule has 4 rings (SSSR count). The first-order chi connectivity index (χ1) is 13.1. The minimum absolute atomic E-state index is 0.0435. The lowest BCUT2D eigenvalue weighted by Crippen LogP contribution is -2.23. The highest BCUT2D eigenvalue weighted by Gasteiger charge is 2.37. The van der Waals surface area contributed by atoms with E-state index in [9.17, 15) is 4.79 Å². The second kappa shape index (κ2) is 6.86. The molecule has 1 unspecified atom stereocenters. The van der Waals surface area contributed by atoms with Crippen LogP contribution in [0.4, 0.5) is 11.4 Å². The smallest absolute Gasteiger partial charge is 0.179 e. The van der Waals surface area contributed by atoms with E-state index >= 15 is 0 Å². The maximum absolute atomic E-state index is 12.2. The molecule has 0 radical (unpaired) electrons. The molecule has 1 aliphatic heterocycles. The molecule has 0 saturated heterocycles. The van der Waals surface area contributed by atoms with Crippen LogP contribution in [0.5, 0.6) is 0 Å². The zero-order valence-corrected chi connectivity index (χ0v) is 16.8. The summed E-state index contributed by atoms with van der Waals surface area (Å²) in [5.74, 6) is 0.0435. The molecule has 1 atom stereocenters. The van der Waals surface area contributed by atoms with Gasteiger partial charge >= 0.3 is 0 Å². The van der Waals surface area contributed by atoms with Crippen molar-refractivity contribution in [3.05, 3.63) is 71.7 Å². The van der Waals surface area contributed by atoms with Gasteiger partial charge in [-0.05, 0) is 67.5 Å². The fourth-order valence-corrected chi connectivity index (χ4v) is 7.03. The van der Waals surface area contributed by atoms with Gasteiger partial charge in [0, 0.05) is 34.7 Å². The topological polar surface area (TPSA) is 32.7 Å². The largest absolute Gasteiger partial charge is 0.372 e. The predicted octanol–water partition coefficient (Wildman–Crippen LogP) is 5.49. The summed E-state index contributed by atoms with van der Waals surface area (Å²) in [6, 6.07) is 17.1. The third kappa shape index (κ3) is 2.85. The molecular weight excluding hydrogens is 352 g/mol. The van der Waals surface area contributed by atoms with Crippen molar-refractivity contribution in [2.24, 2.45) is 4.99 Å². The van der Waals surface area contributed by atoms with E-state index in [2.05, 4.69) is 67.5 Å². The van der Waals surface area contributed by atoms with Crippen molar-refractivity contribution >= 4 is 32.9 Å². The van der Waals surface area contributed by atoms with Gasteiger partial charge in [0.2, 0.25) is 0 Å². The number of fused-ring (bicyclic) bond motifs is 2. The summed E-state index contributed by atoms with van der Waals surface area (Å²) in [4.78, 5) is 23.0. The second-order valence-corrected chi connectivity index (χ2v) is 9.99. The first-order valence-corrected chi connectivity index (χ1v) is 11.4. The zero-order valence-electron chi connectivity index (χ0n) is 16.0. The summed E-state index contributed by atoms with van der Waals surface area (Å²) in [5, 5.41) is 0. The molecule has 2 aliphatic rings. The number of hydrogen-bond donors (Lipinski definition) is 0. The quantitative estimate of drug-likeness (QED) is 0.661.